The zero-order chi connectivity index (χ0) is 14.5. The number of hydrogen-bond acceptors (Lipinski definition) is 3. The Kier molecular flexibility index (Phi) is 5.55. The number of likely N-dealkylation sites (N-methyl/N-ethyl adjacent to an activating group) is 1. The van der Waals surface area contributed by atoms with Gasteiger partial charge in [-0.1, -0.05) is 26.8 Å². The Bertz CT molecular complexity index is 418. The van der Waals surface area contributed by atoms with Crippen molar-refractivity contribution in [3.63, 3.8) is 0 Å². The van der Waals surface area contributed by atoms with Crippen LogP contribution < -0.4 is 10.2 Å². The normalized spacial score (nSPS) is 11.4. The summed E-state index contributed by atoms with van der Waals surface area (Å²) in [6.07, 6.45) is 1.92. The third-order valence-electron chi connectivity index (χ3n) is 3.08. The SMILES string of the molecule is C=CCN(CC)c1cc(CNC)cc(C(C)(C)C)n1. The lowest BCUT2D eigenvalue weighted by Crippen LogP contribution is -2.26. The summed E-state index contributed by atoms with van der Waals surface area (Å²) in [5.41, 5.74) is 2.48. The number of rotatable bonds is 6. The van der Waals surface area contributed by atoms with Crippen LogP contribution in [-0.2, 0) is 12.0 Å². The monoisotopic (exact) mass is 261 g/mol. The Balaban J connectivity index is 3.22. The van der Waals surface area contributed by atoms with E-state index in [4.69, 9.17) is 4.98 Å². The van der Waals surface area contributed by atoms with Crippen molar-refractivity contribution in [2.24, 2.45) is 0 Å². The van der Waals surface area contributed by atoms with Gasteiger partial charge in [-0.15, -0.1) is 6.58 Å². The quantitative estimate of drug-likeness (QED) is 0.798. The Morgan fingerprint density at radius 3 is 2.53 bits per heavy atom. The van der Waals surface area contributed by atoms with Crippen LogP contribution >= 0.6 is 0 Å². The fourth-order valence-electron chi connectivity index (χ4n) is 1.96. The van der Waals surface area contributed by atoms with E-state index in [1.54, 1.807) is 0 Å². The molecular formula is C16H27N3. The standard InChI is InChI=1S/C16H27N3/c1-7-9-19(8-2)15-11-13(12-17-6)10-14(18-15)16(3,4)5/h7,10-11,17H,1,8-9,12H2,2-6H3. The van der Waals surface area contributed by atoms with Crippen LogP contribution in [0.15, 0.2) is 24.8 Å². The molecule has 0 saturated heterocycles. The maximum absolute atomic E-state index is 4.83. The second kappa shape index (κ2) is 6.71. The summed E-state index contributed by atoms with van der Waals surface area (Å²) in [7, 11) is 1.97. The van der Waals surface area contributed by atoms with Crippen molar-refractivity contribution in [1.82, 2.24) is 10.3 Å². The molecule has 0 radical (unpaired) electrons. The molecule has 0 bridgehead atoms. The lowest BCUT2D eigenvalue weighted by atomic mass is 9.90. The molecule has 3 nitrogen and oxygen atoms in total. The van der Waals surface area contributed by atoms with Crippen LogP contribution in [0, 0.1) is 0 Å². The molecule has 0 unspecified atom stereocenters. The second-order valence-electron chi connectivity index (χ2n) is 5.83. The number of hydrogen-bond donors (Lipinski definition) is 1. The smallest absolute Gasteiger partial charge is 0.129 e. The zero-order valence-corrected chi connectivity index (χ0v) is 13.0. The molecule has 0 fully saturated rings. The average molecular weight is 261 g/mol. The highest BCUT2D eigenvalue weighted by molar-refractivity contribution is 5.44. The minimum absolute atomic E-state index is 0.0616. The lowest BCUT2D eigenvalue weighted by Gasteiger charge is -2.25. The molecule has 0 spiro atoms. The molecule has 1 aromatic rings. The van der Waals surface area contributed by atoms with Gasteiger partial charge < -0.3 is 10.2 Å². The number of nitrogens with one attached hydrogen (secondary N) is 1. The van der Waals surface area contributed by atoms with E-state index < -0.39 is 0 Å². The second-order valence-corrected chi connectivity index (χ2v) is 5.83. The summed E-state index contributed by atoms with van der Waals surface area (Å²) in [4.78, 5) is 7.06. The molecule has 0 saturated carbocycles. The molecular weight excluding hydrogens is 234 g/mol. The zero-order valence-electron chi connectivity index (χ0n) is 13.0. The molecule has 1 heterocycles. The van der Waals surface area contributed by atoms with Gasteiger partial charge in [-0.2, -0.15) is 0 Å². The highest BCUT2D eigenvalue weighted by Crippen LogP contribution is 2.25. The first-order valence-corrected chi connectivity index (χ1v) is 6.94. The van der Waals surface area contributed by atoms with Crippen molar-refractivity contribution in [3.05, 3.63) is 36.0 Å². The first kappa shape index (κ1) is 15.7. The molecule has 1 rings (SSSR count). The fraction of sp³-hybridized carbons (Fsp3) is 0.562. The molecule has 1 N–H and O–H groups in total. The lowest BCUT2D eigenvalue weighted by molar-refractivity contribution is 0.566. The van der Waals surface area contributed by atoms with Gasteiger partial charge in [0.05, 0.1) is 0 Å². The minimum atomic E-state index is 0.0616. The summed E-state index contributed by atoms with van der Waals surface area (Å²) >= 11 is 0. The van der Waals surface area contributed by atoms with Crippen LogP contribution in [0.2, 0.25) is 0 Å². The van der Waals surface area contributed by atoms with Gasteiger partial charge in [0.25, 0.3) is 0 Å². The Labute approximate surface area is 117 Å². The van der Waals surface area contributed by atoms with E-state index in [0.717, 1.165) is 31.1 Å². The summed E-state index contributed by atoms with van der Waals surface area (Å²) < 4.78 is 0. The summed E-state index contributed by atoms with van der Waals surface area (Å²) in [5.74, 6) is 1.04. The molecule has 0 amide bonds. The van der Waals surface area contributed by atoms with E-state index in [-0.39, 0.29) is 5.41 Å². The molecule has 3 heteroatoms. The number of anilines is 1. The number of nitrogens with zero attached hydrogens (tertiary/aromatic N) is 2. The molecule has 0 aliphatic carbocycles. The van der Waals surface area contributed by atoms with E-state index >= 15 is 0 Å². The van der Waals surface area contributed by atoms with E-state index in [9.17, 15) is 0 Å². The molecule has 0 aliphatic heterocycles. The first-order chi connectivity index (χ1) is 8.92. The molecule has 0 aliphatic rings. The summed E-state index contributed by atoms with van der Waals surface area (Å²) in [6.45, 7) is 15.2. The Hall–Kier alpha value is -1.35. The van der Waals surface area contributed by atoms with Gasteiger partial charge in [-0.05, 0) is 31.7 Å². The topological polar surface area (TPSA) is 28.2 Å². The third kappa shape index (κ3) is 4.35. The van der Waals surface area contributed by atoms with Gasteiger partial charge in [0.1, 0.15) is 5.82 Å². The van der Waals surface area contributed by atoms with Gasteiger partial charge in [0.15, 0.2) is 0 Å². The van der Waals surface area contributed by atoms with Crippen LogP contribution in [0.1, 0.15) is 39.0 Å². The largest absolute Gasteiger partial charge is 0.353 e. The van der Waals surface area contributed by atoms with E-state index in [1.165, 1.54) is 5.56 Å². The van der Waals surface area contributed by atoms with Crippen molar-refractivity contribution in [2.75, 3.05) is 25.0 Å². The maximum Gasteiger partial charge on any atom is 0.129 e. The van der Waals surface area contributed by atoms with E-state index in [1.807, 2.05) is 13.1 Å². The maximum atomic E-state index is 4.83. The molecule has 106 valence electrons. The van der Waals surface area contributed by atoms with E-state index in [2.05, 4.69) is 56.6 Å². The van der Waals surface area contributed by atoms with Crippen LogP contribution in [0.3, 0.4) is 0 Å². The van der Waals surface area contributed by atoms with Crippen molar-refractivity contribution >= 4 is 5.82 Å². The molecule has 19 heavy (non-hydrogen) atoms. The van der Waals surface area contributed by atoms with E-state index in [0.29, 0.717) is 0 Å². The van der Waals surface area contributed by atoms with Crippen molar-refractivity contribution in [3.8, 4) is 0 Å². The average Bonchev–Trinajstić information content (AvgIpc) is 2.35. The van der Waals surface area contributed by atoms with Crippen LogP contribution in [0.5, 0.6) is 0 Å². The first-order valence-electron chi connectivity index (χ1n) is 6.94. The van der Waals surface area contributed by atoms with Crippen LogP contribution in [0.25, 0.3) is 0 Å². The molecule has 0 aromatic carbocycles. The van der Waals surface area contributed by atoms with Crippen LogP contribution in [-0.4, -0.2) is 25.1 Å². The number of pyridine rings is 1. The predicted octanol–water partition coefficient (Wildman–Crippen LogP) is 3.11. The molecule has 1 aromatic heterocycles. The Morgan fingerprint density at radius 1 is 1.37 bits per heavy atom. The van der Waals surface area contributed by atoms with Gasteiger partial charge in [-0.25, -0.2) is 4.98 Å². The van der Waals surface area contributed by atoms with Crippen LogP contribution in [0.4, 0.5) is 5.82 Å². The highest BCUT2D eigenvalue weighted by Gasteiger charge is 2.18. The number of aromatic nitrogens is 1. The summed E-state index contributed by atoms with van der Waals surface area (Å²) in [5, 5.41) is 3.21. The summed E-state index contributed by atoms with van der Waals surface area (Å²) in [6, 6.07) is 4.36. The Morgan fingerprint density at radius 2 is 2.05 bits per heavy atom. The van der Waals surface area contributed by atoms with Crippen molar-refractivity contribution < 1.29 is 0 Å². The predicted molar refractivity (Wildman–Crippen MR) is 83.8 cm³/mol. The third-order valence-corrected chi connectivity index (χ3v) is 3.08. The van der Waals surface area contributed by atoms with Gasteiger partial charge in [0.2, 0.25) is 0 Å². The van der Waals surface area contributed by atoms with Crippen molar-refractivity contribution in [2.45, 2.75) is 39.7 Å². The highest BCUT2D eigenvalue weighted by atomic mass is 15.2. The minimum Gasteiger partial charge on any atom is -0.353 e. The van der Waals surface area contributed by atoms with Crippen molar-refractivity contribution in [1.29, 1.82) is 0 Å². The fourth-order valence-corrected chi connectivity index (χ4v) is 1.96. The van der Waals surface area contributed by atoms with Gasteiger partial charge >= 0.3 is 0 Å². The molecule has 0 atom stereocenters. The van der Waals surface area contributed by atoms with Gasteiger partial charge in [-0.3, -0.25) is 0 Å². The van der Waals surface area contributed by atoms with Gasteiger partial charge in [0, 0.05) is 30.7 Å².